The standard InChI is InChI=1S/C16H19BF2N2O2/c1-15(2)16(3,4)23-17(22-15)14-7-8-21(20-14)10-11-5-6-12(18)13(19)9-11/h5-9H,10H2,1-4H3. The molecule has 3 rings (SSSR count). The van der Waals surface area contributed by atoms with Gasteiger partial charge < -0.3 is 9.31 Å². The average molecular weight is 320 g/mol. The fourth-order valence-corrected chi connectivity index (χ4v) is 2.38. The summed E-state index contributed by atoms with van der Waals surface area (Å²) in [7, 11) is -0.536. The Kier molecular flexibility index (Phi) is 3.81. The van der Waals surface area contributed by atoms with Crippen molar-refractivity contribution in [3.63, 3.8) is 0 Å². The Labute approximate surface area is 134 Å². The zero-order valence-corrected chi connectivity index (χ0v) is 13.6. The maximum absolute atomic E-state index is 13.3. The fourth-order valence-electron chi connectivity index (χ4n) is 2.38. The smallest absolute Gasteiger partial charge is 0.398 e. The summed E-state index contributed by atoms with van der Waals surface area (Å²) in [6.45, 7) is 8.25. The van der Waals surface area contributed by atoms with Gasteiger partial charge in [0.05, 0.1) is 23.3 Å². The highest BCUT2D eigenvalue weighted by Gasteiger charge is 2.52. The minimum atomic E-state index is -0.860. The van der Waals surface area contributed by atoms with Gasteiger partial charge in [-0.1, -0.05) is 6.07 Å². The second-order valence-corrected chi connectivity index (χ2v) is 6.77. The van der Waals surface area contributed by atoms with Crippen LogP contribution in [-0.2, 0) is 15.9 Å². The molecule has 1 fully saturated rings. The van der Waals surface area contributed by atoms with Crippen LogP contribution in [0.15, 0.2) is 30.5 Å². The lowest BCUT2D eigenvalue weighted by Gasteiger charge is -2.32. The highest BCUT2D eigenvalue weighted by molar-refractivity contribution is 6.61. The van der Waals surface area contributed by atoms with Gasteiger partial charge in [-0.2, -0.15) is 5.10 Å². The molecule has 0 radical (unpaired) electrons. The van der Waals surface area contributed by atoms with Gasteiger partial charge in [0.25, 0.3) is 0 Å². The lowest BCUT2D eigenvalue weighted by Crippen LogP contribution is -2.41. The molecule has 0 atom stereocenters. The van der Waals surface area contributed by atoms with Crippen molar-refractivity contribution >= 4 is 12.7 Å². The van der Waals surface area contributed by atoms with Gasteiger partial charge in [-0.15, -0.1) is 0 Å². The monoisotopic (exact) mass is 320 g/mol. The largest absolute Gasteiger partial charge is 0.516 e. The van der Waals surface area contributed by atoms with E-state index in [9.17, 15) is 8.78 Å². The maximum Gasteiger partial charge on any atom is 0.516 e. The van der Waals surface area contributed by atoms with E-state index >= 15 is 0 Å². The number of benzene rings is 1. The number of aromatic nitrogens is 2. The van der Waals surface area contributed by atoms with Crippen molar-refractivity contribution in [3.8, 4) is 0 Å². The molecule has 0 amide bonds. The minimum Gasteiger partial charge on any atom is -0.398 e. The third kappa shape index (κ3) is 3.03. The number of hydrogen-bond acceptors (Lipinski definition) is 3. The van der Waals surface area contributed by atoms with Gasteiger partial charge in [0.1, 0.15) is 0 Å². The van der Waals surface area contributed by atoms with Gasteiger partial charge in [0, 0.05) is 6.20 Å². The summed E-state index contributed by atoms with van der Waals surface area (Å²) in [5.74, 6) is -1.71. The van der Waals surface area contributed by atoms with E-state index in [1.54, 1.807) is 10.9 Å². The Morgan fingerprint density at radius 1 is 1.04 bits per heavy atom. The molecule has 1 saturated heterocycles. The van der Waals surface area contributed by atoms with E-state index < -0.39 is 30.0 Å². The summed E-state index contributed by atoms with van der Waals surface area (Å²) in [6, 6.07) is 5.63. The van der Waals surface area contributed by atoms with Crippen LogP contribution < -0.4 is 5.59 Å². The summed E-state index contributed by atoms with van der Waals surface area (Å²) in [4.78, 5) is 0. The molecule has 1 aromatic heterocycles. The Morgan fingerprint density at radius 2 is 1.70 bits per heavy atom. The zero-order chi connectivity index (χ0) is 16.8. The average Bonchev–Trinajstić information content (AvgIpc) is 2.97. The fraction of sp³-hybridized carbons (Fsp3) is 0.438. The van der Waals surface area contributed by atoms with Crippen LogP contribution in [0.4, 0.5) is 8.78 Å². The first kappa shape index (κ1) is 16.1. The molecule has 7 heteroatoms. The molecule has 1 aliphatic heterocycles. The van der Waals surface area contributed by atoms with Crippen LogP contribution in [0.3, 0.4) is 0 Å². The topological polar surface area (TPSA) is 36.3 Å². The molecule has 2 heterocycles. The molecule has 0 aliphatic carbocycles. The third-order valence-corrected chi connectivity index (χ3v) is 4.48. The SMILES string of the molecule is CC1(C)OB(c2ccn(Cc3ccc(F)c(F)c3)n2)OC1(C)C. The Morgan fingerprint density at radius 3 is 2.30 bits per heavy atom. The minimum absolute atomic E-state index is 0.344. The van der Waals surface area contributed by atoms with Gasteiger partial charge >= 0.3 is 7.12 Å². The molecule has 0 N–H and O–H groups in total. The van der Waals surface area contributed by atoms with Gasteiger partial charge in [0.2, 0.25) is 0 Å². The third-order valence-electron chi connectivity index (χ3n) is 4.48. The van der Waals surface area contributed by atoms with E-state index in [-0.39, 0.29) is 0 Å². The molecule has 1 aliphatic rings. The summed E-state index contributed by atoms with van der Waals surface area (Å²) < 4.78 is 39.7. The van der Waals surface area contributed by atoms with Crippen LogP contribution in [0.1, 0.15) is 33.3 Å². The molecule has 2 aromatic rings. The quantitative estimate of drug-likeness (QED) is 0.816. The second kappa shape index (κ2) is 5.42. The summed E-state index contributed by atoms with van der Waals surface area (Å²) in [5, 5.41) is 4.42. The first-order chi connectivity index (χ1) is 10.7. The normalized spacial score (nSPS) is 19.3. The van der Waals surface area contributed by atoms with Crippen LogP contribution in [-0.4, -0.2) is 28.1 Å². The lowest BCUT2D eigenvalue weighted by atomic mass is 9.85. The van der Waals surface area contributed by atoms with Crippen molar-refractivity contribution < 1.29 is 18.1 Å². The van der Waals surface area contributed by atoms with E-state index in [2.05, 4.69) is 5.10 Å². The van der Waals surface area contributed by atoms with Crippen LogP contribution in [0.25, 0.3) is 0 Å². The maximum atomic E-state index is 13.3. The Hall–Kier alpha value is -1.73. The molecule has 1 aromatic carbocycles. The Bertz CT molecular complexity index is 715. The van der Waals surface area contributed by atoms with Crippen LogP contribution in [0, 0.1) is 11.6 Å². The predicted molar refractivity (Wildman–Crippen MR) is 83.4 cm³/mol. The van der Waals surface area contributed by atoms with E-state index in [1.165, 1.54) is 12.1 Å². The van der Waals surface area contributed by atoms with Crippen LogP contribution >= 0.6 is 0 Å². The van der Waals surface area contributed by atoms with Crippen molar-refractivity contribution in [2.45, 2.75) is 45.4 Å². The molecule has 122 valence electrons. The second-order valence-electron chi connectivity index (χ2n) is 6.77. The summed E-state index contributed by atoms with van der Waals surface area (Å²) in [5.41, 5.74) is 0.432. The van der Waals surface area contributed by atoms with Crippen molar-refractivity contribution in [3.05, 3.63) is 47.7 Å². The molecule has 0 saturated carbocycles. The molecule has 23 heavy (non-hydrogen) atoms. The molecule has 0 unspecified atom stereocenters. The highest BCUT2D eigenvalue weighted by Crippen LogP contribution is 2.36. The van der Waals surface area contributed by atoms with E-state index in [4.69, 9.17) is 9.31 Å². The first-order valence-electron chi connectivity index (χ1n) is 7.51. The number of rotatable bonds is 3. The van der Waals surface area contributed by atoms with Crippen LogP contribution in [0.5, 0.6) is 0 Å². The first-order valence-corrected chi connectivity index (χ1v) is 7.51. The van der Waals surface area contributed by atoms with Gasteiger partial charge in [-0.05, 0) is 51.5 Å². The molecular weight excluding hydrogens is 301 g/mol. The molecular formula is C16H19BF2N2O2. The van der Waals surface area contributed by atoms with Gasteiger partial charge in [-0.25, -0.2) is 8.78 Å². The summed E-state index contributed by atoms with van der Waals surface area (Å²) >= 11 is 0. The van der Waals surface area contributed by atoms with Crippen LogP contribution in [0.2, 0.25) is 0 Å². The summed E-state index contributed by atoms with van der Waals surface area (Å²) in [6.07, 6.45) is 1.77. The number of nitrogens with zero attached hydrogens (tertiary/aromatic N) is 2. The Balaban J connectivity index is 1.75. The number of halogens is 2. The van der Waals surface area contributed by atoms with E-state index in [1.807, 2.05) is 33.8 Å². The molecule has 0 bridgehead atoms. The van der Waals surface area contributed by atoms with Crippen molar-refractivity contribution in [2.75, 3.05) is 0 Å². The predicted octanol–water partition coefficient (Wildman–Crippen LogP) is 2.51. The lowest BCUT2D eigenvalue weighted by molar-refractivity contribution is 0.00578. The van der Waals surface area contributed by atoms with Gasteiger partial charge in [-0.3, -0.25) is 4.68 Å². The van der Waals surface area contributed by atoms with Gasteiger partial charge in [0.15, 0.2) is 11.6 Å². The molecule has 4 nitrogen and oxygen atoms in total. The molecule has 0 spiro atoms. The zero-order valence-electron chi connectivity index (χ0n) is 13.6. The van der Waals surface area contributed by atoms with Crippen molar-refractivity contribution in [2.24, 2.45) is 0 Å². The van der Waals surface area contributed by atoms with Crippen molar-refractivity contribution in [1.82, 2.24) is 9.78 Å². The number of hydrogen-bond donors (Lipinski definition) is 0. The van der Waals surface area contributed by atoms with Crippen molar-refractivity contribution in [1.29, 1.82) is 0 Å². The van der Waals surface area contributed by atoms with E-state index in [0.717, 1.165) is 6.07 Å². The highest BCUT2D eigenvalue weighted by atomic mass is 19.2. The van der Waals surface area contributed by atoms with E-state index in [0.29, 0.717) is 17.7 Å².